The number of amides is 2. The lowest BCUT2D eigenvalue weighted by molar-refractivity contribution is -0.116. The Bertz CT molecular complexity index is 1250. The van der Waals surface area contributed by atoms with Crippen LogP contribution in [-0.2, 0) is 4.79 Å². The summed E-state index contributed by atoms with van der Waals surface area (Å²) in [6.07, 6.45) is 0.0913. The highest BCUT2D eigenvalue weighted by atomic mass is 16.2. The Morgan fingerprint density at radius 1 is 0.879 bits per heavy atom. The van der Waals surface area contributed by atoms with Gasteiger partial charge in [-0.1, -0.05) is 60.7 Å². The highest BCUT2D eigenvalue weighted by molar-refractivity contribution is 5.96. The zero-order chi connectivity index (χ0) is 23.2. The lowest BCUT2D eigenvalue weighted by atomic mass is 10.0. The standard InChI is InChI=1S/C27H26N4O2/c1-19-17-20(2)31(30-19)25-16-10-9-15-23(25)28-26(32)18-24(21-11-5-3-6-12-21)29-27(33)22-13-7-4-8-14-22/h3-17,24H,18H2,1-2H3,(H,28,32)(H,29,33). The third-order valence-electron chi connectivity index (χ3n) is 5.35. The van der Waals surface area contributed by atoms with E-state index in [1.54, 1.807) is 12.1 Å². The number of benzene rings is 3. The maximum Gasteiger partial charge on any atom is 0.251 e. The number of rotatable bonds is 7. The second kappa shape index (κ2) is 9.96. The van der Waals surface area contributed by atoms with Crippen molar-refractivity contribution in [3.8, 4) is 5.69 Å². The number of hydrogen-bond donors (Lipinski definition) is 2. The van der Waals surface area contributed by atoms with Crippen molar-refractivity contribution in [3.05, 3.63) is 114 Å². The molecule has 0 aliphatic heterocycles. The van der Waals surface area contributed by atoms with Crippen LogP contribution in [-0.4, -0.2) is 21.6 Å². The number of aromatic nitrogens is 2. The summed E-state index contributed by atoms with van der Waals surface area (Å²) in [6.45, 7) is 3.91. The largest absolute Gasteiger partial charge is 0.345 e. The van der Waals surface area contributed by atoms with Crippen LogP contribution in [0.4, 0.5) is 5.69 Å². The van der Waals surface area contributed by atoms with Gasteiger partial charge in [0.1, 0.15) is 0 Å². The first kappa shape index (κ1) is 22.0. The van der Waals surface area contributed by atoms with Gasteiger partial charge in [-0.05, 0) is 49.7 Å². The molecule has 0 aliphatic carbocycles. The summed E-state index contributed by atoms with van der Waals surface area (Å²) >= 11 is 0. The van der Waals surface area contributed by atoms with Crippen LogP contribution in [0.25, 0.3) is 5.69 Å². The molecule has 4 aromatic rings. The summed E-state index contributed by atoms with van der Waals surface area (Å²) in [6, 6.07) is 27.6. The Balaban J connectivity index is 1.55. The second-order valence-corrected chi connectivity index (χ2v) is 7.91. The topological polar surface area (TPSA) is 76.0 Å². The molecule has 0 bridgehead atoms. The number of carbonyl (C=O) groups is 2. The Morgan fingerprint density at radius 2 is 1.52 bits per heavy atom. The average molecular weight is 439 g/mol. The molecule has 0 radical (unpaired) electrons. The van der Waals surface area contributed by atoms with Gasteiger partial charge in [0.15, 0.2) is 0 Å². The van der Waals surface area contributed by atoms with Crippen molar-refractivity contribution in [2.45, 2.75) is 26.3 Å². The van der Waals surface area contributed by atoms with Crippen molar-refractivity contribution >= 4 is 17.5 Å². The molecular formula is C27H26N4O2. The van der Waals surface area contributed by atoms with Crippen molar-refractivity contribution in [3.63, 3.8) is 0 Å². The normalized spacial score (nSPS) is 11.6. The van der Waals surface area contributed by atoms with E-state index in [9.17, 15) is 9.59 Å². The molecule has 6 nitrogen and oxygen atoms in total. The maximum atomic E-state index is 13.1. The van der Waals surface area contributed by atoms with E-state index < -0.39 is 6.04 Å². The fraction of sp³-hybridized carbons (Fsp3) is 0.148. The number of carbonyl (C=O) groups excluding carboxylic acids is 2. The Morgan fingerprint density at radius 3 is 2.18 bits per heavy atom. The molecule has 33 heavy (non-hydrogen) atoms. The van der Waals surface area contributed by atoms with E-state index in [0.29, 0.717) is 11.3 Å². The third kappa shape index (κ3) is 5.36. The van der Waals surface area contributed by atoms with Gasteiger partial charge in [0.05, 0.1) is 29.5 Å². The van der Waals surface area contributed by atoms with E-state index in [2.05, 4.69) is 15.7 Å². The highest BCUT2D eigenvalue weighted by Crippen LogP contribution is 2.24. The average Bonchev–Trinajstić information content (AvgIpc) is 3.17. The molecule has 1 atom stereocenters. The van der Waals surface area contributed by atoms with Crippen LogP contribution in [0.5, 0.6) is 0 Å². The van der Waals surface area contributed by atoms with Gasteiger partial charge in [-0.3, -0.25) is 9.59 Å². The van der Waals surface area contributed by atoms with E-state index in [0.717, 1.165) is 22.6 Å². The lowest BCUT2D eigenvalue weighted by Crippen LogP contribution is -2.31. The van der Waals surface area contributed by atoms with Crippen LogP contribution in [0.1, 0.15) is 39.8 Å². The first-order valence-electron chi connectivity index (χ1n) is 10.8. The van der Waals surface area contributed by atoms with Crippen LogP contribution < -0.4 is 10.6 Å². The summed E-state index contributed by atoms with van der Waals surface area (Å²) in [5, 5.41) is 10.6. The summed E-state index contributed by atoms with van der Waals surface area (Å²) in [4.78, 5) is 25.9. The molecule has 6 heteroatoms. The number of aryl methyl sites for hydroxylation is 2. The summed E-state index contributed by atoms with van der Waals surface area (Å²) in [5.41, 5.74) is 4.75. The molecule has 0 saturated carbocycles. The van der Waals surface area contributed by atoms with E-state index in [4.69, 9.17) is 0 Å². The van der Waals surface area contributed by atoms with Gasteiger partial charge < -0.3 is 10.6 Å². The minimum absolute atomic E-state index is 0.0913. The zero-order valence-corrected chi connectivity index (χ0v) is 18.7. The number of anilines is 1. The van der Waals surface area contributed by atoms with Crippen LogP contribution in [0.2, 0.25) is 0 Å². The van der Waals surface area contributed by atoms with Gasteiger partial charge in [0.25, 0.3) is 5.91 Å². The number of nitrogens with zero attached hydrogens (tertiary/aromatic N) is 2. The van der Waals surface area contributed by atoms with Crippen LogP contribution in [0.15, 0.2) is 91.0 Å². The van der Waals surface area contributed by atoms with Gasteiger partial charge in [-0.2, -0.15) is 5.10 Å². The van der Waals surface area contributed by atoms with Crippen molar-refractivity contribution in [1.29, 1.82) is 0 Å². The van der Waals surface area contributed by atoms with Gasteiger partial charge >= 0.3 is 0 Å². The van der Waals surface area contributed by atoms with Crippen LogP contribution >= 0.6 is 0 Å². The molecule has 2 amide bonds. The molecule has 3 aromatic carbocycles. The van der Waals surface area contributed by atoms with Crippen molar-refractivity contribution in [2.24, 2.45) is 0 Å². The predicted octanol–water partition coefficient (Wildman–Crippen LogP) is 4.99. The molecule has 1 unspecified atom stereocenters. The molecule has 2 N–H and O–H groups in total. The molecule has 0 aliphatic rings. The molecular weight excluding hydrogens is 412 g/mol. The van der Waals surface area contributed by atoms with Gasteiger partial charge in [-0.15, -0.1) is 0 Å². The van der Waals surface area contributed by atoms with Gasteiger partial charge in [-0.25, -0.2) is 4.68 Å². The van der Waals surface area contributed by atoms with Crippen LogP contribution in [0.3, 0.4) is 0 Å². The highest BCUT2D eigenvalue weighted by Gasteiger charge is 2.20. The molecule has 4 rings (SSSR count). The van der Waals surface area contributed by atoms with Gasteiger partial charge in [0, 0.05) is 11.3 Å². The monoisotopic (exact) mass is 438 g/mol. The Labute approximate surface area is 193 Å². The summed E-state index contributed by atoms with van der Waals surface area (Å²) in [5.74, 6) is -0.425. The smallest absolute Gasteiger partial charge is 0.251 e. The summed E-state index contributed by atoms with van der Waals surface area (Å²) in [7, 11) is 0. The van der Waals surface area contributed by atoms with E-state index in [1.807, 2.05) is 97.4 Å². The van der Waals surface area contributed by atoms with E-state index >= 15 is 0 Å². The first-order valence-corrected chi connectivity index (χ1v) is 10.8. The summed E-state index contributed by atoms with van der Waals surface area (Å²) < 4.78 is 1.82. The SMILES string of the molecule is Cc1cc(C)n(-c2ccccc2NC(=O)CC(NC(=O)c2ccccc2)c2ccccc2)n1. The van der Waals surface area contributed by atoms with E-state index in [-0.39, 0.29) is 18.2 Å². The molecule has 0 spiro atoms. The molecule has 1 heterocycles. The fourth-order valence-electron chi connectivity index (χ4n) is 3.79. The Hall–Kier alpha value is -4.19. The van der Waals surface area contributed by atoms with Crippen LogP contribution in [0, 0.1) is 13.8 Å². The number of hydrogen-bond acceptors (Lipinski definition) is 3. The molecule has 0 saturated heterocycles. The Kier molecular flexibility index (Phi) is 6.64. The van der Waals surface area contributed by atoms with E-state index in [1.165, 1.54) is 0 Å². The predicted molar refractivity (Wildman–Crippen MR) is 129 cm³/mol. The van der Waals surface area contributed by atoms with Crippen molar-refractivity contribution in [1.82, 2.24) is 15.1 Å². The molecule has 0 fully saturated rings. The molecule has 1 aromatic heterocycles. The number of nitrogens with one attached hydrogen (secondary N) is 2. The minimum Gasteiger partial charge on any atom is -0.345 e. The maximum absolute atomic E-state index is 13.1. The zero-order valence-electron chi connectivity index (χ0n) is 18.7. The van der Waals surface area contributed by atoms with Crippen molar-refractivity contribution in [2.75, 3.05) is 5.32 Å². The third-order valence-corrected chi connectivity index (χ3v) is 5.35. The van der Waals surface area contributed by atoms with Crippen molar-refractivity contribution < 1.29 is 9.59 Å². The second-order valence-electron chi connectivity index (χ2n) is 7.91. The fourth-order valence-corrected chi connectivity index (χ4v) is 3.79. The quantitative estimate of drug-likeness (QED) is 0.427. The lowest BCUT2D eigenvalue weighted by Gasteiger charge is -2.20. The number of para-hydroxylation sites is 2. The molecule has 166 valence electrons. The van der Waals surface area contributed by atoms with Gasteiger partial charge in [0.2, 0.25) is 5.91 Å². The minimum atomic E-state index is -0.472. The first-order chi connectivity index (χ1) is 16.0.